The van der Waals surface area contributed by atoms with E-state index in [1.165, 1.54) is 12.1 Å². The van der Waals surface area contributed by atoms with Gasteiger partial charge >= 0.3 is 0 Å². The van der Waals surface area contributed by atoms with Crippen molar-refractivity contribution < 1.29 is 14.3 Å². The van der Waals surface area contributed by atoms with Gasteiger partial charge in [0.25, 0.3) is 5.91 Å². The van der Waals surface area contributed by atoms with Crippen LogP contribution < -0.4 is 16.0 Å². The Morgan fingerprint density at radius 1 is 1.12 bits per heavy atom. The molecule has 2 aromatic carbocycles. The number of anilines is 4. The second-order valence-electron chi connectivity index (χ2n) is 7.99. The third kappa shape index (κ3) is 6.49. The Bertz CT molecular complexity index is 1110. The van der Waals surface area contributed by atoms with Crippen LogP contribution in [0, 0.1) is 5.82 Å². The number of halogens is 2. The molecule has 2 heterocycles. The Labute approximate surface area is 205 Å². The van der Waals surface area contributed by atoms with Crippen molar-refractivity contribution in [1.29, 1.82) is 0 Å². The summed E-state index contributed by atoms with van der Waals surface area (Å²) in [7, 11) is 0. The van der Waals surface area contributed by atoms with E-state index in [1.54, 1.807) is 42.6 Å². The number of hydrogen-bond donors (Lipinski definition) is 4. The molecule has 1 amide bonds. The summed E-state index contributed by atoms with van der Waals surface area (Å²) in [6, 6.07) is 13.0. The van der Waals surface area contributed by atoms with Crippen molar-refractivity contribution in [2.75, 3.05) is 30.3 Å². The summed E-state index contributed by atoms with van der Waals surface area (Å²) in [6.45, 7) is 2.24. The first-order valence-electron chi connectivity index (χ1n) is 11.1. The molecular weight excluding hydrogens is 503 g/mol. The monoisotopic (exact) mass is 528 g/mol. The topological polar surface area (TPSA) is 102 Å². The summed E-state index contributed by atoms with van der Waals surface area (Å²) >= 11 is 3.41. The van der Waals surface area contributed by atoms with Crippen molar-refractivity contribution in [2.45, 2.75) is 25.5 Å². The van der Waals surface area contributed by atoms with E-state index in [4.69, 9.17) is 0 Å². The fourth-order valence-electron chi connectivity index (χ4n) is 3.67. The molecule has 1 saturated heterocycles. The number of aliphatic hydroxyl groups excluding tert-OH is 1. The number of rotatable bonds is 9. The van der Waals surface area contributed by atoms with Gasteiger partial charge in [0.2, 0.25) is 5.95 Å². The van der Waals surface area contributed by atoms with Gasteiger partial charge < -0.3 is 21.1 Å². The highest BCUT2D eigenvalue weighted by atomic mass is 79.9. The lowest BCUT2D eigenvalue weighted by molar-refractivity contribution is 0.0377. The number of nitrogens with zero attached hydrogens (tertiary/aromatic N) is 3. The summed E-state index contributed by atoms with van der Waals surface area (Å²) < 4.78 is 13.8. The van der Waals surface area contributed by atoms with Crippen LogP contribution in [0.15, 0.2) is 59.2 Å². The summed E-state index contributed by atoms with van der Waals surface area (Å²) in [4.78, 5) is 23.2. The van der Waals surface area contributed by atoms with E-state index in [2.05, 4.69) is 41.8 Å². The van der Waals surface area contributed by atoms with Crippen LogP contribution in [0.3, 0.4) is 0 Å². The van der Waals surface area contributed by atoms with Crippen LogP contribution in [0.25, 0.3) is 0 Å². The van der Waals surface area contributed by atoms with Crippen molar-refractivity contribution in [1.82, 2.24) is 20.2 Å². The van der Waals surface area contributed by atoms with Crippen molar-refractivity contribution >= 4 is 45.0 Å². The molecule has 1 aliphatic rings. The summed E-state index contributed by atoms with van der Waals surface area (Å²) in [5, 5.41) is 19.0. The van der Waals surface area contributed by atoms with Crippen LogP contribution in [0.4, 0.5) is 27.5 Å². The van der Waals surface area contributed by atoms with Gasteiger partial charge in [-0.05, 0) is 83.7 Å². The third-order valence-electron chi connectivity index (χ3n) is 5.49. The fraction of sp³-hybridized carbons (Fsp3) is 0.292. The molecule has 0 spiro atoms. The van der Waals surface area contributed by atoms with Crippen LogP contribution in [-0.2, 0) is 0 Å². The number of carbonyl (C=O) groups excluding carboxylic acids is 1. The number of amides is 1. The normalized spacial score (nSPS) is 15.8. The number of benzene rings is 2. The number of hydrogen-bond acceptors (Lipinski definition) is 7. The minimum Gasteiger partial charge on any atom is -0.378 e. The second-order valence-corrected chi connectivity index (χ2v) is 8.85. The summed E-state index contributed by atoms with van der Waals surface area (Å²) in [6.07, 6.45) is 3.90. The lowest BCUT2D eigenvalue weighted by Gasteiger charge is -2.19. The first-order chi connectivity index (χ1) is 16.5. The maximum absolute atomic E-state index is 13.1. The quantitative estimate of drug-likeness (QED) is 0.305. The van der Waals surface area contributed by atoms with Crippen molar-refractivity contribution in [3.8, 4) is 0 Å². The Morgan fingerprint density at radius 2 is 1.82 bits per heavy atom. The van der Waals surface area contributed by atoms with Crippen LogP contribution in [0.2, 0.25) is 0 Å². The van der Waals surface area contributed by atoms with E-state index < -0.39 is 0 Å². The molecule has 0 bridgehead atoms. The molecule has 4 rings (SSSR count). The molecule has 1 aromatic heterocycles. The molecule has 1 unspecified atom stereocenters. The Hall–Kier alpha value is -3.08. The highest BCUT2D eigenvalue weighted by Crippen LogP contribution is 2.25. The van der Waals surface area contributed by atoms with E-state index >= 15 is 0 Å². The SMILES string of the molecule is O=C(NCCCN1CCCC1O)c1ccc(Nc2ncc(Br)c(Nc3ccc(F)cc3)n2)cc1. The van der Waals surface area contributed by atoms with E-state index in [9.17, 15) is 14.3 Å². The Balaban J connectivity index is 1.29. The zero-order valence-corrected chi connectivity index (χ0v) is 20.1. The van der Waals surface area contributed by atoms with Crippen molar-refractivity contribution in [3.05, 3.63) is 70.6 Å². The minimum atomic E-state index is -0.347. The standard InChI is InChI=1S/C24H26BrFN6O2/c25-20-15-28-24(31-22(20)29-18-10-6-17(26)7-11-18)30-19-8-4-16(5-9-19)23(34)27-12-2-14-32-13-1-3-21(32)33/h4-11,15,21,33H,1-3,12-14H2,(H,27,34)(H2,28,29,30,31). The predicted molar refractivity (Wildman–Crippen MR) is 133 cm³/mol. The van der Waals surface area contributed by atoms with E-state index in [0.717, 1.165) is 38.0 Å². The van der Waals surface area contributed by atoms with Crippen molar-refractivity contribution in [3.63, 3.8) is 0 Å². The maximum atomic E-state index is 13.1. The molecule has 1 atom stereocenters. The first kappa shape index (κ1) is 24.1. The molecule has 0 aliphatic carbocycles. The average Bonchev–Trinajstić information content (AvgIpc) is 3.25. The molecule has 3 aromatic rings. The number of aliphatic hydroxyl groups is 1. The minimum absolute atomic E-state index is 0.140. The molecule has 0 saturated carbocycles. The first-order valence-corrected chi connectivity index (χ1v) is 11.9. The zero-order valence-electron chi connectivity index (χ0n) is 18.5. The van der Waals surface area contributed by atoms with Crippen LogP contribution in [0.5, 0.6) is 0 Å². The Morgan fingerprint density at radius 3 is 2.53 bits per heavy atom. The lowest BCUT2D eigenvalue weighted by atomic mass is 10.2. The third-order valence-corrected chi connectivity index (χ3v) is 6.07. The van der Waals surface area contributed by atoms with Gasteiger partial charge in [0, 0.05) is 42.8 Å². The highest BCUT2D eigenvalue weighted by Gasteiger charge is 2.20. The average molecular weight is 529 g/mol. The highest BCUT2D eigenvalue weighted by molar-refractivity contribution is 9.10. The van der Waals surface area contributed by atoms with Gasteiger partial charge in [-0.15, -0.1) is 0 Å². The smallest absolute Gasteiger partial charge is 0.251 e. The number of nitrogens with one attached hydrogen (secondary N) is 3. The van der Waals surface area contributed by atoms with Crippen LogP contribution in [0.1, 0.15) is 29.6 Å². The summed E-state index contributed by atoms with van der Waals surface area (Å²) in [5.74, 6) is 0.448. The van der Waals surface area contributed by atoms with Gasteiger partial charge in [-0.25, -0.2) is 9.37 Å². The summed E-state index contributed by atoms with van der Waals surface area (Å²) in [5.41, 5.74) is 1.98. The van der Waals surface area contributed by atoms with Crippen LogP contribution in [-0.4, -0.2) is 51.7 Å². The molecule has 0 radical (unpaired) electrons. The van der Waals surface area contributed by atoms with Gasteiger partial charge in [0.05, 0.1) is 4.47 Å². The molecule has 178 valence electrons. The zero-order chi connectivity index (χ0) is 23.9. The molecular formula is C24H26BrFN6O2. The van der Waals surface area contributed by atoms with Crippen LogP contribution >= 0.6 is 15.9 Å². The molecule has 34 heavy (non-hydrogen) atoms. The van der Waals surface area contributed by atoms with Crippen molar-refractivity contribution in [2.24, 2.45) is 0 Å². The maximum Gasteiger partial charge on any atom is 0.251 e. The fourth-order valence-corrected chi connectivity index (χ4v) is 3.96. The molecule has 10 heteroatoms. The van der Waals surface area contributed by atoms with Gasteiger partial charge in [0.15, 0.2) is 0 Å². The predicted octanol–water partition coefficient (Wildman–Crippen LogP) is 4.40. The Kier molecular flexibility index (Phi) is 8.04. The van der Waals surface area contributed by atoms with E-state index in [-0.39, 0.29) is 18.0 Å². The van der Waals surface area contributed by atoms with Gasteiger partial charge in [0.1, 0.15) is 17.9 Å². The number of likely N-dealkylation sites (tertiary alicyclic amines) is 1. The van der Waals surface area contributed by atoms with Gasteiger partial charge in [-0.3, -0.25) is 9.69 Å². The van der Waals surface area contributed by atoms with E-state index in [1.807, 2.05) is 4.90 Å². The van der Waals surface area contributed by atoms with Gasteiger partial charge in [-0.1, -0.05) is 0 Å². The number of carbonyl (C=O) groups is 1. The van der Waals surface area contributed by atoms with E-state index in [0.29, 0.717) is 34.0 Å². The molecule has 1 aliphatic heterocycles. The molecule has 4 N–H and O–H groups in total. The number of aromatic nitrogens is 2. The molecule has 8 nitrogen and oxygen atoms in total. The molecule has 1 fully saturated rings. The largest absolute Gasteiger partial charge is 0.378 e. The second kappa shape index (κ2) is 11.4. The van der Waals surface area contributed by atoms with Gasteiger partial charge in [-0.2, -0.15) is 4.98 Å². The lowest BCUT2D eigenvalue weighted by Crippen LogP contribution is -2.33.